The van der Waals surface area contributed by atoms with Gasteiger partial charge < -0.3 is 10.2 Å². The summed E-state index contributed by atoms with van der Waals surface area (Å²) in [6, 6.07) is 15.3. The third kappa shape index (κ3) is 4.32. The highest BCUT2D eigenvalue weighted by Crippen LogP contribution is 2.25. The SMILES string of the molecule is O=C(Nc1ccc(N2CCCN(Cc3cccc(Cl)c3F)C2=O)cc1)c1cccs1. The van der Waals surface area contributed by atoms with Crippen molar-refractivity contribution in [3.63, 3.8) is 0 Å². The molecule has 1 saturated heterocycles. The highest BCUT2D eigenvalue weighted by Gasteiger charge is 2.27. The predicted octanol–water partition coefficient (Wildman–Crippen LogP) is 5.63. The predicted molar refractivity (Wildman–Crippen MR) is 118 cm³/mol. The van der Waals surface area contributed by atoms with Crippen molar-refractivity contribution in [1.82, 2.24) is 4.90 Å². The van der Waals surface area contributed by atoms with E-state index in [1.165, 1.54) is 17.4 Å². The van der Waals surface area contributed by atoms with Crippen LogP contribution in [0.2, 0.25) is 5.02 Å². The van der Waals surface area contributed by atoms with Crippen molar-refractivity contribution in [2.45, 2.75) is 13.0 Å². The molecule has 0 saturated carbocycles. The van der Waals surface area contributed by atoms with Gasteiger partial charge in [0.05, 0.1) is 16.4 Å². The van der Waals surface area contributed by atoms with Crippen molar-refractivity contribution in [1.29, 1.82) is 0 Å². The second kappa shape index (κ2) is 8.85. The molecule has 0 bridgehead atoms. The van der Waals surface area contributed by atoms with Crippen LogP contribution in [0.1, 0.15) is 21.7 Å². The third-order valence-corrected chi connectivity index (χ3v) is 6.05. The molecule has 0 spiro atoms. The largest absolute Gasteiger partial charge is 0.324 e. The van der Waals surface area contributed by atoms with Crippen molar-refractivity contribution in [3.8, 4) is 0 Å². The van der Waals surface area contributed by atoms with Gasteiger partial charge in [0.2, 0.25) is 0 Å². The Balaban J connectivity index is 1.45. The average Bonchev–Trinajstić information content (AvgIpc) is 3.29. The summed E-state index contributed by atoms with van der Waals surface area (Å²) in [5.41, 5.74) is 1.77. The highest BCUT2D eigenvalue weighted by molar-refractivity contribution is 7.12. The zero-order chi connectivity index (χ0) is 21.1. The fourth-order valence-electron chi connectivity index (χ4n) is 3.37. The van der Waals surface area contributed by atoms with Crippen LogP contribution in [-0.2, 0) is 6.54 Å². The number of rotatable bonds is 5. The Morgan fingerprint density at radius 3 is 2.63 bits per heavy atom. The van der Waals surface area contributed by atoms with E-state index in [0.29, 0.717) is 29.2 Å². The zero-order valence-electron chi connectivity index (χ0n) is 16.0. The Labute approximate surface area is 182 Å². The van der Waals surface area contributed by atoms with Crippen LogP contribution in [0.5, 0.6) is 0 Å². The summed E-state index contributed by atoms with van der Waals surface area (Å²) in [6.07, 6.45) is 0.769. The van der Waals surface area contributed by atoms with Gasteiger partial charge in [-0.2, -0.15) is 0 Å². The van der Waals surface area contributed by atoms with Gasteiger partial charge in [0.15, 0.2) is 0 Å². The first-order chi connectivity index (χ1) is 14.5. The van der Waals surface area contributed by atoms with Crippen LogP contribution < -0.4 is 10.2 Å². The molecule has 5 nitrogen and oxygen atoms in total. The second-order valence-corrected chi connectivity index (χ2v) is 8.26. The number of carbonyl (C=O) groups excluding carboxylic acids is 2. The number of halogens is 2. The minimum atomic E-state index is -0.491. The Morgan fingerprint density at radius 2 is 1.90 bits per heavy atom. The van der Waals surface area contributed by atoms with Crippen LogP contribution in [0, 0.1) is 5.82 Å². The van der Waals surface area contributed by atoms with Crippen LogP contribution in [0.3, 0.4) is 0 Å². The molecule has 1 fully saturated rings. The van der Waals surface area contributed by atoms with Gasteiger partial charge in [-0.25, -0.2) is 9.18 Å². The molecular formula is C22H19ClFN3O2S. The average molecular weight is 444 g/mol. The number of hydrogen-bond donors (Lipinski definition) is 1. The van der Waals surface area contributed by atoms with Gasteiger partial charge in [0.25, 0.3) is 5.91 Å². The van der Waals surface area contributed by atoms with E-state index in [0.717, 1.165) is 12.1 Å². The van der Waals surface area contributed by atoms with E-state index in [9.17, 15) is 14.0 Å². The molecule has 0 radical (unpaired) electrons. The van der Waals surface area contributed by atoms with E-state index >= 15 is 0 Å². The van der Waals surface area contributed by atoms with Crippen molar-refractivity contribution < 1.29 is 14.0 Å². The van der Waals surface area contributed by atoms with Gasteiger partial charge in [0, 0.05) is 30.0 Å². The smallest absolute Gasteiger partial charge is 0.321 e. The van der Waals surface area contributed by atoms with Gasteiger partial charge in [-0.05, 0) is 48.2 Å². The lowest BCUT2D eigenvalue weighted by atomic mass is 10.1. The summed E-state index contributed by atoms with van der Waals surface area (Å²) >= 11 is 7.23. The first kappa shape index (κ1) is 20.4. The summed E-state index contributed by atoms with van der Waals surface area (Å²) in [6.45, 7) is 1.29. The van der Waals surface area contributed by atoms with Crippen LogP contribution in [-0.4, -0.2) is 29.9 Å². The summed E-state index contributed by atoms with van der Waals surface area (Å²) in [7, 11) is 0. The number of nitrogens with one attached hydrogen (secondary N) is 1. The second-order valence-electron chi connectivity index (χ2n) is 6.90. The van der Waals surface area contributed by atoms with E-state index in [2.05, 4.69) is 5.32 Å². The molecule has 0 aliphatic carbocycles. The molecule has 0 atom stereocenters. The number of carbonyl (C=O) groups is 2. The molecule has 3 amide bonds. The van der Waals surface area contributed by atoms with Crippen molar-refractivity contribution in [2.24, 2.45) is 0 Å². The van der Waals surface area contributed by atoms with Gasteiger partial charge in [-0.15, -0.1) is 11.3 Å². The van der Waals surface area contributed by atoms with Crippen LogP contribution >= 0.6 is 22.9 Å². The maximum Gasteiger partial charge on any atom is 0.324 e. The molecule has 0 unspecified atom stereocenters. The van der Waals surface area contributed by atoms with E-state index in [1.807, 2.05) is 11.4 Å². The lowest BCUT2D eigenvalue weighted by molar-refractivity contribution is 0.103. The molecule has 4 rings (SSSR count). The normalized spacial score (nSPS) is 14.1. The summed E-state index contributed by atoms with van der Waals surface area (Å²) in [5, 5.41) is 4.74. The highest BCUT2D eigenvalue weighted by atomic mass is 35.5. The molecule has 1 N–H and O–H groups in total. The first-order valence-corrected chi connectivity index (χ1v) is 10.7. The fraction of sp³-hybridized carbons (Fsp3) is 0.182. The molecule has 154 valence electrons. The number of benzene rings is 2. The Bertz CT molecular complexity index is 1060. The number of amides is 3. The lowest BCUT2D eigenvalue weighted by Gasteiger charge is -2.35. The van der Waals surface area contributed by atoms with E-state index < -0.39 is 5.82 Å². The minimum Gasteiger partial charge on any atom is -0.321 e. The van der Waals surface area contributed by atoms with Crippen molar-refractivity contribution in [3.05, 3.63) is 81.3 Å². The molecule has 30 heavy (non-hydrogen) atoms. The number of anilines is 2. The van der Waals surface area contributed by atoms with Gasteiger partial charge in [0.1, 0.15) is 5.82 Å². The lowest BCUT2D eigenvalue weighted by Crippen LogP contribution is -2.49. The van der Waals surface area contributed by atoms with Crippen LogP contribution in [0.25, 0.3) is 0 Å². The molecule has 2 aromatic carbocycles. The Hall–Kier alpha value is -2.90. The van der Waals surface area contributed by atoms with Gasteiger partial charge in [-0.3, -0.25) is 9.69 Å². The van der Waals surface area contributed by atoms with Crippen LogP contribution in [0.15, 0.2) is 60.0 Å². The molecule has 3 aromatic rings. The van der Waals surface area contributed by atoms with Gasteiger partial charge >= 0.3 is 6.03 Å². The number of urea groups is 1. The summed E-state index contributed by atoms with van der Waals surface area (Å²) < 4.78 is 14.2. The summed E-state index contributed by atoms with van der Waals surface area (Å²) in [5.74, 6) is -0.656. The zero-order valence-corrected chi connectivity index (χ0v) is 17.5. The van der Waals surface area contributed by atoms with E-state index in [4.69, 9.17) is 11.6 Å². The number of nitrogens with zero attached hydrogens (tertiary/aromatic N) is 2. The Kier molecular flexibility index (Phi) is 6.01. The molecule has 8 heteroatoms. The molecule has 2 heterocycles. The van der Waals surface area contributed by atoms with Crippen molar-refractivity contribution in [2.75, 3.05) is 23.3 Å². The monoisotopic (exact) mass is 443 g/mol. The molecular weight excluding hydrogens is 425 g/mol. The molecule has 1 aromatic heterocycles. The van der Waals surface area contributed by atoms with Crippen LogP contribution in [0.4, 0.5) is 20.6 Å². The topological polar surface area (TPSA) is 52.7 Å². The Morgan fingerprint density at radius 1 is 1.10 bits per heavy atom. The first-order valence-electron chi connectivity index (χ1n) is 9.47. The standard InChI is InChI=1S/C22H19ClFN3O2S/c23-18-5-1-4-15(20(18)24)14-26-11-3-12-27(22(26)29)17-9-7-16(8-10-17)25-21(28)19-6-2-13-30-19/h1-2,4-10,13H,3,11-12,14H2,(H,25,28). The summed E-state index contributed by atoms with van der Waals surface area (Å²) in [4.78, 5) is 29.1. The van der Waals surface area contributed by atoms with E-state index in [1.54, 1.807) is 52.3 Å². The maximum atomic E-state index is 14.2. The quantitative estimate of drug-likeness (QED) is 0.556. The van der Waals surface area contributed by atoms with Gasteiger partial charge in [-0.1, -0.05) is 29.8 Å². The molecule has 1 aliphatic rings. The minimum absolute atomic E-state index is 0.0500. The number of hydrogen-bond acceptors (Lipinski definition) is 3. The van der Waals surface area contributed by atoms with E-state index in [-0.39, 0.29) is 23.5 Å². The van der Waals surface area contributed by atoms with Crippen molar-refractivity contribution >= 4 is 46.3 Å². The third-order valence-electron chi connectivity index (χ3n) is 4.89. The fourth-order valence-corrected chi connectivity index (χ4v) is 4.18. The number of thiophene rings is 1. The molecule has 1 aliphatic heterocycles. The maximum absolute atomic E-state index is 14.2.